The van der Waals surface area contributed by atoms with Crippen LogP contribution >= 0.6 is 11.6 Å². The van der Waals surface area contributed by atoms with E-state index in [9.17, 15) is 14.7 Å². The molecule has 1 saturated heterocycles. The summed E-state index contributed by atoms with van der Waals surface area (Å²) in [5, 5.41) is 13.5. The topological polar surface area (TPSA) is 87.2 Å². The molecule has 0 spiro atoms. The molecule has 1 aliphatic rings. The van der Waals surface area contributed by atoms with Crippen molar-refractivity contribution in [3.05, 3.63) is 58.0 Å². The highest BCUT2D eigenvalue weighted by atomic mass is 35.5. The number of ether oxygens (including phenoxy) is 1. The maximum absolute atomic E-state index is 13.3. The molecule has 30 heavy (non-hydrogen) atoms. The number of halogens is 1. The molecule has 3 rings (SSSR count). The molecular weight excluding hydrogens is 408 g/mol. The van der Waals surface area contributed by atoms with Crippen LogP contribution in [-0.4, -0.2) is 50.9 Å². The minimum Gasteiger partial charge on any atom is -0.872 e. The number of ketones is 1. The Labute approximate surface area is 180 Å². The molecule has 2 heterocycles. The van der Waals surface area contributed by atoms with Gasteiger partial charge in [0.05, 0.1) is 32.8 Å². The third-order valence-corrected chi connectivity index (χ3v) is 5.35. The number of hydrogen-bond donors (Lipinski definition) is 1. The number of methoxy groups -OCH3 is 1. The monoisotopic (exact) mass is 432 g/mol. The molecule has 1 unspecified atom stereocenters. The maximum atomic E-state index is 13.3. The van der Waals surface area contributed by atoms with E-state index in [1.54, 1.807) is 25.1 Å². The highest BCUT2D eigenvalue weighted by Crippen LogP contribution is 2.40. The van der Waals surface area contributed by atoms with Gasteiger partial charge in [0.15, 0.2) is 0 Å². The number of nitrogens with zero attached hydrogens (tertiary/aromatic N) is 1. The van der Waals surface area contributed by atoms with E-state index in [0.29, 0.717) is 30.2 Å². The lowest BCUT2D eigenvalue weighted by Crippen LogP contribution is -3.05. The Morgan fingerprint density at radius 2 is 2.00 bits per heavy atom. The molecule has 0 bridgehead atoms. The molecular formula is C22H25ClN2O5. The Hall–Kier alpha value is -2.77. The average molecular weight is 433 g/mol. The third-order valence-electron chi connectivity index (χ3n) is 5.05. The van der Waals surface area contributed by atoms with Crippen LogP contribution in [0.4, 0.5) is 0 Å². The van der Waals surface area contributed by atoms with E-state index in [2.05, 4.69) is 0 Å². The molecule has 1 N–H and O–H groups in total. The van der Waals surface area contributed by atoms with E-state index in [1.165, 1.54) is 29.0 Å². The molecule has 1 aliphatic heterocycles. The highest BCUT2D eigenvalue weighted by Gasteiger charge is 2.45. The first-order valence-corrected chi connectivity index (χ1v) is 10.1. The number of hydrogen-bond acceptors (Lipinski definition) is 5. The number of furan rings is 1. The van der Waals surface area contributed by atoms with Gasteiger partial charge < -0.3 is 24.1 Å². The summed E-state index contributed by atoms with van der Waals surface area (Å²) in [6, 6.07) is 7.11. The summed E-state index contributed by atoms with van der Waals surface area (Å²) < 4.78 is 10.8. The van der Waals surface area contributed by atoms with Crippen LogP contribution in [0.5, 0.6) is 5.75 Å². The van der Waals surface area contributed by atoms with E-state index in [0.717, 1.165) is 6.54 Å². The van der Waals surface area contributed by atoms with Crippen molar-refractivity contribution in [2.24, 2.45) is 0 Å². The zero-order valence-corrected chi connectivity index (χ0v) is 18.2. The van der Waals surface area contributed by atoms with Crippen LogP contribution in [0.2, 0.25) is 5.02 Å². The Bertz CT molecular complexity index is 995. The molecule has 1 atom stereocenters. The van der Waals surface area contributed by atoms with Gasteiger partial charge in [-0.15, -0.1) is 0 Å². The van der Waals surface area contributed by atoms with Crippen molar-refractivity contribution in [2.45, 2.75) is 19.4 Å². The predicted molar refractivity (Wildman–Crippen MR) is 110 cm³/mol. The number of amides is 1. The molecule has 1 aromatic carbocycles. The van der Waals surface area contributed by atoms with Gasteiger partial charge in [-0.05, 0) is 36.8 Å². The van der Waals surface area contributed by atoms with Gasteiger partial charge in [0.25, 0.3) is 5.91 Å². The summed E-state index contributed by atoms with van der Waals surface area (Å²) in [6.07, 6.45) is 0.688. The zero-order chi connectivity index (χ0) is 22.0. The van der Waals surface area contributed by atoms with Crippen LogP contribution in [0.15, 0.2) is 40.3 Å². The number of aryl methyl sites for hydroxylation is 1. The second-order valence-corrected chi connectivity index (χ2v) is 7.99. The number of likely N-dealkylation sites (tertiary alicyclic amines) is 1. The summed E-state index contributed by atoms with van der Waals surface area (Å²) in [7, 11) is 5.50. The van der Waals surface area contributed by atoms with Gasteiger partial charge in [-0.2, -0.15) is 0 Å². The van der Waals surface area contributed by atoms with E-state index in [1.807, 2.05) is 14.1 Å². The van der Waals surface area contributed by atoms with Gasteiger partial charge in [0.2, 0.25) is 5.78 Å². The summed E-state index contributed by atoms with van der Waals surface area (Å²) in [5.74, 6) is -0.592. The van der Waals surface area contributed by atoms with Gasteiger partial charge in [-0.3, -0.25) is 9.59 Å². The first-order chi connectivity index (χ1) is 14.2. The van der Waals surface area contributed by atoms with Crippen molar-refractivity contribution < 1.29 is 28.7 Å². The molecule has 8 heteroatoms. The van der Waals surface area contributed by atoms with Crippen molar-refractivity contribution in [3.63, 3.8) is 0 Å². The normalized spacial score (nSPS) is 18.5. The summed E-state index contributed by atoms with van der Waals surface area (Å²) >= 11 is 6.16. The SMILES string of the molecule is COc1ccc(C([O-])=C2C(=O)C(=O)N(CCC[NH+](C)C)C2c2ccc(C)o2)cc1Cl. The molecule has 0 radical (unpaired) electrons. The van der Waals surface area contributed by atoms with E-state index in [-0.39, 0.29) is 16.2 Å². The number of quaternary nitrogens is 1. The van der Waals surface area contributed by atoms with E-state index in [4.69, 9.17) is 20.8 Å². The average Bonchev–Trinajstić information content (AvgIpc) is 3.23. The fourth-order valence-electron chi connectivity index (χ4n) is 3.56. The number of Topliss-reactive ketones (excluding diaryl/α,β-unsaturated/α-hetero) is 1. The second kappa shape index (κ2) is 8.93. The minimum atomic E-state index is -0.857. The molecule has 0 aliphatic carbocycles. The van der Waals surface area contributed by atoms with Crippen molar-refractivity contribution in [1.82, 2.24) is 4.90 Å². The molecule has 7 nitrogen and oxygen atoms in total. The van der Waals surface area contributed by atoms with Gasteiger partial charge in [-0.25, -0.2) is 0 Å². The zero-order valence-electron chi connectivity index (χ0n) is 17.5. The van der Waals surface area contributed by atoms with Crippen molar-refractivity contribution in [2.75, 3.05) is 34.3 Å². The van der Waals surface area contributed by atoms with Crippen LogP contribution in [0, 0.1) is 6.92 Å². The Balaban J connectivity index is 2.08. The van der Waals surface area contributed by atoms with E-state index < -0.39 is 23.5 Å². The smallest absolute Gasteiger partial charge is 0.295 e. The number of carbonyl (C=O) groups excluding carboxylic acids is 2. The summed E-state index contributed by atoms with van der Waals surface area (Å²) in [5.41, 5.74) is 0.0950. The van der Waals surface area contributed by atoms with Crippen molar-refractivity contribution >= 4 is 29.1 Å². The standard InChI is InChI=1S/C22H25ClN2O5/c1-13-6-8-17(30-13)19-18(20(26)14-7-9-16(29-4)15(23)12-14)21(27)22(28)25(19)11-5-10-24(2)3/h6-9,12,19,26H,5,10-11H2,1-4H3. The predicted octanol–water partition coefficient (Wildman–Crippen LogP) is 1.01. The maximum Gasteiger partial charge on any atom is 0.295 e. The fourth-order valence-corrected chi connectivity index (χ4v) is 3.82. The lowest BCUT2D eigenvalue weighted by Gasteiger charge is -2.26. The van der Waals surface area contributed by atoms with Crippen molar-refractivity contribution in [1.29, 1.82) is 0 Å². The number of rotatable bonds is 7. The quantitative estimate of drug-likeness (QED) is 0.401. The number of nitrogens with one attached hydrogen (secondary N) is 1. The Morgan fingerprint density at radius 3 is 2.57 bits per heavy atom. The number of benzene rings is 1. The summed E-state index contributed by atoms with van der Waals surface area (Å²) in [4.78, 5) is 28.3. The molecule has 0 saturated carbocycles. The van der Waals surface area contributed by atoms with Gasteiger partial charge in [-0.1, -0.05) is 23.4 Å². The molecule has 2 aromatic rings. The van der Waals surface area contributed by atoms with Crippen LogP contribution < -0.4 is 14.7 Å². The van der Waals surface area contributed by atoms with Crippen LogP contribution in [0.25, 0.3) is 5.76 Å². The van der Waals surface area contributed by atoms with Gasteiger partial charge >= 0.3 is 0 Å². The molecule has 1 amide bonds. The first-order valence-electron chi connectivity index (χ1n) is 9.70. The van der Waals surface area contributed by atoms with E-state index >= 15 is 0 Å². The lowest BCUT2D eigenvalue weighted by atomic mass is 9.99. The van der Waals surface area contributed by atoms with Gasteiger partial charge in [0, 0.05) is 18.5 Å². The fraction of sp³-hybridized carbons (Fsp3) is 0.364. The summed E-state index contributed by atoms with van der Waals surface area (Å²) in [6.45, 7) is 2.94. The molecule has 160 valence electrons. The Kier molecular flexibility index (Phi) is 6.53. The second-order valence-electron chi connectivity index (χ2n) is 7.58. The van der Waals surface area contributed by atoms with Crippen LogP contribution in [0.3, 0.4) is 0 Å². The van der Waals surface area contributed by atoms with Crippen molar-refractivity contribution in [3.8, 4) is 5.75 Å². The first kappa shape index (κ1) is 21.9. The molecule has 1 aromatic heterocycles. The minimum absolute atomic E-state index is 0.118. The number of carbonyl (C=O) groups is 2. The highest BCUT2D eigenvalue weighted by molar-refractivity contribution is 6.46. The Morgan fingerprint density at radius 1 is 1.27 bits per heavy atom. The largest absolute Gasteiger partial charge is 0.872 e. The van der Waals surface area contributed by atoms with Crippen LogP contribution in [-0.2, 0) is 9.59 Å². The lowest BCUT2D eigenvalue weighted by molar-refractivity contribution is -0.858. The van der Waals surface area contributed by atoms with Crippen LogP contribution in [0.1, 0.15) is 29.5 Å². The third kappa shape index (κ3) is 4.22. The van der Waals surface area contributed by atoms with Gasteiger partial charge in [0.1, 0.15) is 23.3 Å². The molecule has 1 fully saturated rings.